The van der Waals surface area contributed by atoms with Crippen LogP contribution in [0.1, 0.15) is 19.8 Å². The topological polar surface area (TPSA) is 101 Å². The number of carbonyl (C=O) groups is 2. The summed E-state index contributed by atoms with van der Waals surface area (Å²) < 4.78 is 0. The Balaban J connectivity index is 4.02. The third-order valence-corrected chi connectivity index (χ3v) is 1.70. The summed E-state index contributed by atoms with van der Waals surface area (Å²) in [5.41, 5.74) is 5.17. The van der Waals surface area contributed by atoms with Gasteiger partial charge in [0.15, 0.2) is 0 Å². The summed E-state index contributed by atoms with van der Waals surface area (Å²) in [7, 11) is 0. The first kappa shape index (κ1) is 10.9. The molecule has 0 aromatic heterocycles. The molecule has 0 saturated carbocycles. The lowest BCUT2D eigenvalue weighted by Gasteiger charge is -2.11. The highest BCUT2D eigenvalue weighted by Crippen LogP contribution is 2.10. The monoisotopic (exact) mass is 175 g/mol. The third-order valence-electron chi connectivity index (χ3n) is 1.70. The number of nitrogens with two attached hydrogens (primary N) is 1. The fourth-order valence-electron chi connectivity index (χ4n) is 0.849. The maximum absolute atomic E-state index is 10.4. The summed E-state index contributed by atoms with van der Waals surface area (Å²) in [6, 6.07) is -1.08. The second kappa shape index (κ2) is 4.71. The van der Waals surface area contributed by atoms with Gasteiger partial charge in [-0.2, -0.15) is 0 Å². The molecule has 0 heterocycles. The lowest BCUT2D eigenvalue weighted by atomic mass is 9.98. The van der Waals surface area contributed by atoms with Crippen molar-refractivity contribution in [1.29, 1.82) is 0 Å². The van der Waals surface area contributed by atoms with Crippen molar-refractivity contribution in [3.8, 4) is 0 Å². The molecule has 0 bridgehead atoms. The smallest absolute Gasteiger partial charge is 0.320 e. The molecule has 0 aromatic rings. The Hall–Kier alpha value is -1.10. The van der Waals surface area contributed by atoms with Crippen LogP contribution in [0.5, 0.6) is 0 Å². The Morgan fingerprint density at radius 1 is 1.33 bits per heavy atom. The molecular weight excluding hydrogens is 162 g/mol. The van der Waals surface area contributed by atoms with E-state index < -0.39 is 23.9 Å². The van der Waals surface area contributed by atoms with Crippen LogP contribution < -0.4 is 5.73 Å². The predicted molar refractivity (Wildman–Crippen MR) is 41.6 cm³/mol. The maximum atomic E-state index is 10.4. The van der Waals surface area contributed by atoms with E-state index in [4.69, 9.17) is 15.9 Å². The van der Waals surface area contributed by atoms with Crippen LogP contribution in [0.25, 0.3) is 0 Å². The fourth-order valence-corrected chi connectivity index (χ4v) is 0.849. The van der Waals surface area contributed by atoms with Crippen LogP contribution in [0.2, 0.25) is 0 Å². The molecule has 1 unspecified atom stereocenters. The highest BCUT2D eigenvalue weighted by atomic mass is 16.4. The van der Waals surface area contributed by atoms with Gasteiger partial charge in [0, 0.05) is 0 Å². The van der Waals surface area contributed by atoms with E-state index in [0.29, 0.717) is 6.42 Å². The second-order valence-corrected chi connectivity index (χ2v) is 2.62. The van der Waals surface area contributed by atoms with Crippen LogP contribution in [0.3, 0.4) is 0 Å². The lowest BCUT2D eigenvalue weighted by molar-refractivity contribution is -0.143. The molecule has 0 saturated heterocycles. The molecule has 0 amide bonds. The van der Waals surface area contributed by atoms with Crippen molar-refractivity contribution < 1.29 is 19.8 Å². The number of rotatable bonds is 5. The van der Waals surface area contributed by atoms with Crippen LogP contribution in [-0.2, 0) is 9.59 Å². The minimum absolute atomic E-state index is 0.0127. The predicted octanol–water partition coefficient (Wildman–Crippen LogP) is -0.101. The van der Waals surface area contributed by atoms with Crippen molar-refractivity contribution in [2.75, 3.05) is 0 Å². The normalized spacial score (nSPS) is 15.2. The molecule has 12 heavy (non-hydrogen) atoms. The van der Waals surface area contributed by atoms with Crippen LogP contribution in [0.4, 0.5) is 0 Å². The van der Waals surface area contributed by atoms with Crippen molar-refractivity contribution >= 4 is 11.9 Å². The van der Waals surface area contributed by atoms with Gasteiger partial charge >= 0.3 is 11.9 Å². The van der Waals surface area contributed by atoms with E-state index in [9.17, 15) is 9.59 Å². The van der Waals surface area contributed by atoms with E-state index in [1.165, 1.54) is 0 Å². The van der Waals surface area contributed by atoms with Gasteiger partial charge in [0.05, 0.1) is 5.92 Å². The standard InChI is InChI=1S/C7H13NO4/c1-2-4(6(9)10)3-5(8)7(11)12/h4-5H,2-3,8H2,1H3,(H,9,10)(H,11,12)/t4?,5-/m1/s1. The van der Waals surface area contributed by atoms with Crippen LogP contribution in [-0.4, -0.2) is 28.2 Å². The molecule has 0 fully saturated rings. The first-order valence-electron chi connectivity index (χ1n) is 3.70. The Kier molecular flexibility index (Phi) is 4.28. The van der Waals surface area contributed by atoms with E-state index in [1.54, 1.807) is 6.92 Å². The van der Waals surface area contributed by atoms with Gasteiger partial charge in [-0.1, -0.05) is 6.92 Å². The molecule has 0 radical (unpaired) electrons. The molecule has 0 aromatic carbocycles. The number of hydrogen-bond acceptors (Lipinski definition) is 3. The summed E-state index contributed by atoms with van der Waals surface area (Å²) in [5, 5.41) is 16.9. The van der Waals surface area contributed by atoms with Gasteiger partial charge in [-0.25, -0.2) is 0 Å². The lowest BCUT2D eigenvalue weighted by Crippen LogP contribution is -2.34. The first-order chi connectivity index (χ1) is 5.49. The van der Waals surface area contributed by atoms with Gasteiger partial charge in [0.25, 0.3) is 0 Å². The Labute approximate surface area is 70.2 Å². The van der Waals surface area contributed by atoms with Gasteiger partial charge in [0.1, 0.15) is 6.04 Å². The van der Waals surface area contributed by atoms with E-state index >= 15 is 0 Å². The van der Waals surface area contributed by atoms with Crippen molar-refractivity contribution in [2.24, 2.45) is 11.7 Å². The summed E-state index contributed by atoms with van der Waals surface area (Å²) in [5.74, 6) is -2.81. The van der Waals surface area contributed by atoms with Crippen LogP contribution in [0.15, 0.2) is 0 Å². The molecule has 70 valence electrons. The molecule has 0 aliphatic rings. The Morgan fingerprint density at radius 2 is 1.83 bits per heavy atom. The Morgan fingerprint density at radius 3 is 2.08 bits per heavy atom. The third kappa shape index (κ3) is 3.34. The first-order valence-corrected chi connectivity index (χ1v) is 3.70. The number of carboxylic acids is 2. The average molecular weight is 175 g/mol. The van der Waals surface area contributed by atoms with Gasteiger partial charge in [0.2, 0.25) is 0 Å². The van der Waals surface area contributed by atoms with Crippen molar-refractivity contribution in [3.63, 3.8) is 0 Å². The summed E-state index contributed by atoms with van der Waals surface area (Å²) in [6.07, 6.45) is 0.386. The summed E-state index contributed by atoms with van der Waals surface area (Å²) in [4.78, 5) is 20.7. The highest BCUT2D eigenvalue weighted by Gasteiger charge is 2.22. The van der Waals surface area contributed by atoms with Gasteiger partial charge in [-0.15, -0.1) is 0 Å². The van der Waals surface area contributed by atoms with E-state index in [-0.39, 0.29) is 6.42 Å². The van der Waals surface area contributed by atoms with E-state index in [2.05, 4.69) is 0 Å². The van der Waals surface area contributed by atoms with Crippen LogP contribution in [0, 0.1) is 5.92 Å². The molecule has 2 atom stereocenters. The van der Waals surface area contributed by atoms with Gasteiger partial charge in [-0.3, -0.25) is 9.59 Å². The maximum Gasteiger partial charge on any atom is 0.320 e. The fraction of sp³-hybridized carbons (Fsp3) is 0.714. The van der Waals surface area contributed by atoms with E-state index in [0.717, 1.165) is 0 Å². The molecule has 5 nitrogen and oxygen atoms in total. The quantitative estimate of drug-likeness (QED) is 0.541. The molecule has 5 heteroatoms. The van der Waals surface area contributed by atoms with Crippen molar-refractivity contribution in [2.45, 2.75) is 25.8 Å². The molecule has 0 aliphatic heterocycles. The largest absolute Gasteiger partial charge is 0.481 e. The zero-order valence-electron chi connectivity index (χ0n) is 6.86. The summed E-state index contributed by atoms with van der Waals surface area (Å²) >= 11 is 0. The minimum Gasteiger partial charge on any atom is -0.481 e. The van der Waals surface area contributed by atoms with Crippen LogP contribution >= 0.6 is 0 Å². The number of hydrogen-bond donors (Lipinski definition) is 3. The van der Waals surface area contributed by atoms with Gasteiger partial charge < -0.3 is 15.9 Å². The number of carboxylic acid groups (broad SMARTS) is 2. The van der Waals surface area contributed by atoms with Gasteiger partial charge in [-0.05, 0) is 12.8 Å². The second-order valence-electron chi connectivity index (χ2n) is 2.62. The molecule has 0 rings (SSSR count). The zero-order chi connectivity index (χ0) is 9.72. The number of aliphatic carboxylic acids is 2. The highest BCUT2D eigenvalue weighted by molar-refractivity contribution is 5.75. The van der Waals surface area contributed by atoms with Crippen molar-refractivity contribution in [3.05, 3.63) is 0 Å². The van der Waals surface area contributed by atoms with Crippen molar-refractivity contribution in [1.82, 2.24) is 0 Å². The Bertz CT molecular complexity index is 180. The average Bonchev–Trinajstić information content (AvgIpc) is 1.98. The molecular formula is C7H13NO4. The molecule has 4 N–H and O–H groups in total. The summed E-state index contributed by atoms with van der Waals surface area (Å²) in [6.45, 7) is 1.69. The zero-order valence-corrected chi connectivity index (χ0v) is 6.86. The molecule has 0 aliphatic carbocycles. The molecule has 0 spiro atoms. The van der Waals surface area contributed by atoms with E-state index in [1.807, 2.05) is 0 Å². The SMILES string of the molecule is CCC(C[C@@H](N)C(=O)O)C(=O)O. The minimum atomic E-state index is -1.16.